The van der Waals surface area contributed by atoms with Crippen molar-refractivity contribution in [2.75, 3.05) is 17.7 Å². The number of nitrogens with one attached hydrogen (secondary N) is 2. The number of nitrogens with zero attached hydrogens (tertiary/aromatic N) is 2. The van der Waals surface area contributed by atoms with Gasteiger partial charge in [-0.15, -0.1) is 0 Å². The fourth-order valence-electron chi connectivity index (χ4n) is 2.58. The third-order valence-electron chi connectivity index (χ3n) is 4.01. The van der Waals surface area contributed by atoms with Crippen LogP contribution in [0.5, 0.6) is 0 Å². The van der Waals surface area contributed by atoms with Gasteiger partial charge in [-0.3, -0.25) is 10.1 Å². The Morgan fingerprint density at radius 3 is 2.55 bits per heavy atom. The van der Waals surface area contributed by atoms with Crippen molar-refractivity contribution >= 4 is 17.3 Å². The van der Waals surface area contributed by atoms with Gasteiger partial charge in [0.25, 0.3) is 0 Å². The second-order valence-corrected chi connectivity index (χ2v) is 6.15. The van der Waals surface area contributed by atoms with Crippen molar-refractivity contribution in [1.29, 1.82) is 0 Å². The maximum absolute atomic E-state index is 11.1. The third-order valence-corrected chi connectivity index (χ3v) is 4.01. The first-order chi connectivity index (χ1) is 9.41. The quantitative estimate of drug-likeness (QED) is 0.651. The largest absolute Gasteiger partial charge is 0.373 e. The molecule has 1 fully saturated rings. The molecule has 0 spiro atoms. The standard InChI is InChI=1S/C14H22N4O2/c1-14(2)8-6-10(7-9-14)16-13-11(18(19)20)4-5-12(15-3)17-13/h4-5,10H,6-9H2,1-3H3,(H2,15,16,17). The van der Waals surface area contributed by atoms with Crippen molar-refractivity contribution in [2.24, 2.45) is 5.41 Å². The molecule has 0 radical (unpaired) electrons. The Morgan fingerprint density at radius 1 is 1.35 bits per heavy atom. The van der Waals surface area contributed by atoms with Gasteiger partial charge in [0.1, 0.15) is 5.82 Å². The predicted octanol–water partition coefficient (Wildman–Crippen LogP) is 3.41. The molecule has 1 saturated carbocycles. The fraction of sp³-hybridized carbons (Fsp3) is 0.643. The van der Waals surface area contributed by atoms with Crippen molar-refractivity contribution < 1.29 is 4.92 Å². The molecule has 0 amide bonds. The Kier molecular flexibility index (Phi) is 4.11. The van der Waals surface area contributed by atoms with Crippen LogP contribution in [0, 0.1) is 15.5 Å². The van der Waals surface area contributed by atoms with Gasteiger partial charge in [0, 0.05) is 19.2 Å². The van der Waals surface area contributed by atoms with E-state index in [0.29, 0.717) is 17.1 Å². The lowest BCUT2D eigenvalue weighted by molar-refractivity contribution is -0.384. The average Bonchev–Trinajstić information content (AvgIpc) is 2.40. The van der Waals surface area contributed by atoms with Gasteiger partial charge in [-0.25, -0.2) is 4.98 Å². The molecule has 110 valence electrons. The smallest absolute Gasteiger partial charge is 0.311 e. The molecular weight excluding hydrogens is 256 g/mol. The van der Waals surface area contributed by atoms with Crippen LogP contribution in [0.15, 0.2) is 12.1 Å². The summed E-state index contributed by atoms with van der Waals surface area (Å²) in [5, 5.41) is 17.2. The summed E-state index contributed by atoms with van der Waals surface area (Å²) in [7, 11) is 1.75. The molecule has 2 rings (SSSR count). The number of aromatic nitrogens is 1. The second-order valence-electron chi connectivity index (χ2n) is 6.15. The van der Waals surface area contributed by atoms with Crippen LogP contribution >= 0.6 is 0 Å². The van der Waals surface area contributed by atoms with Gasteiger partial charge in [-0.2, -0.15) is 0 Å². The molecule has 0 unspecified atom stereocenters. The predicted molar refractivity (Wildman–Crippen MR) is 80.1 cm³/mol. The van der Waals surface area contributed by atoms with Gasteiger partial charge in [-0.1, -0.05) is 13.8 Å². The van der Waals surface area contributed by atoms with Crippen LogP contribution in [0.25, 0.3) is 0 Å². The van der Waals surface area contributed by atoms with E-state index < -0.39 is 0 Å². The summed E-state index contributed by atoms with van der Waals surface area (Å²) >= 11 is 0. The lowest BCUT2D eigenvalue weighted by Crippen LogP contribution is -2.30. The number of rotatable bonds is 4. The zero-order chi connectivity index (χ0) is 14.8. The highest BCUT2D eigenvalue weighted by atomic mass is 16.6. The van der Waals surface area contributed by atoms with E-state index in [9.17, 15) is 10.1 Å². The van der Waals surface area contributed by atoms with E-state index in [0.717, 1.165) is 25.7 Å². The first-order valence-corrected chi connectivity index (χ1v) is 7.01. The van der Waals surface area contributed by atoms with Crippen molar-refractivity contribution in [3.8, 4) is 0 Å². The molecule has 2 N–H and O–H groups in total. The van der Waals surface area contributed by atoms with Gasteiger partial charge >= 0.3 is 5.69 Å². The molecule has 20 heavy (non-hydrogen) atoms. The number of anilines is 2. The maximum atomic E-state index is 11.1. The zero-order valence-electron chi connectivity index (χ0n) is 12.3. The summed E-state index contributed by atoms with van der Waals surface area (Å²) in [5.74, 6) is 1.00. The van der Waals surface area contributed by atoms with E-state index in [4.69, 9.17) is 0 Å². The number of nitro groups is 1. The molecule has 1 aliphatic rings. The van der Waals surface area contributed by atoms with Crippen molar-refractivity contribution in [3.63, 3.8) is 0 Å². The Labute approximate surface area is 119 Å². The van der Waals surface area contributed by atoms with Crippen LogP contribution in [0.3, 0.4) is 0 Å². The molecule has 0 aromatic carbocycles. The first-order valence-electron chi connectivity index (χ1n) is 7.01. The lowest BCUT2D eigenvalue weighted by atomic mass is 9.75. The maximum Gasteiger partial charge on any atom is 0.311 e. The minimum atomic E-state index is -0.387. The zero-order valence-corrected chi connectivity index (χ0v) is 12.3. The topological polar surface area (TPSA) is 80.1 Å². The lowest BCUT2D eigenvalue weighted by Gasteiger charge is -2.34. The SMILES string of the molecule is CNc1ccc([N+](=O)[O-])c(NC2CCC(C)(C)CC2)n1. The van der Waals surface area contributed by atoms with Gasteiger partial charge < -0.3 is 10.6 Å². The van der Waals surface area contributed by atoms with Crippen LogP contribution < -0.4 is 10.6 Å². The number of hydrogen-bond donors (Lipinski definition) is 2. The first kappa shape index (κ1) is 14.6. The minimum Gasteiger partial charge on any atom is -0.373 e. The summed E-state index contributed by atoms with van der Waals surface area (Å²) in [4.78, 5) is 15.0. The molecule has 6 nitrogen and oxygen atoms in total. The molecular formula is C14H22N4O2. The molecule has 1 aromatic heterocycles. The van der Waals surface area contributed by atoms with E-state index in [1.807, 2.05) is 0 Å². The van der Waals surface area contributed by atoms with E-state index in [1.54, 1.807) is 13.1 Å². The van der Waals surface area contributed by atoms with Crippen LogP contribution in [-0.4, -0.2) is 23.0 Å². The molecule has 0 saturated heterocycles. The van der Waals surface area contributed by atoms with E-state index in [1.165, 1.54) is 6.07 Å². The summed E-state index contributed by atoms with van der Waals surface area (Å²) < 4.78 is 0. The van der Waals surface area contributed by atoms with Gasteiger partial charge in [0.15, 0.2) is 0 Å². The molecule has 0 atom stereocenters. The number of hydrogen-bond acceptors (Lipinski definition) is 5. The van der Waals surface area contributed by atoms with Gasteiger partial charge in [0.2, 0.25) is 5.82 Å². The normalized spacial score (nSPS) is 18.6. The molecule has 0 bridgehead atoms. The van der Waals surface area contributed by atoms with E-state index in [-0.39, 0.29) is 16.7 Å². The van der Waals surface area contributed by atoms with E-state index >= 15 is 0 Å². The minimum absolute atomic E-state index is 0.0360. The molecule has 1 aromatic rings. The Morgan fingerprint density at radius 2 is 2.00 bits per heavy atom. The average molecular weight is 278 g/mol. The second kappa shape index (κ2) is 5.64. The third kappa shape index (κ3) is 3.37. The summed E-state index contributed by atoms with van der Waals surface area (Å²) in [6.07, 6.45) is 4.31. The molecule has 0 aliphatic heterocycles. The highest BCUT2D eigenvalue weighted by Crippen LogP contribution is 2.37. The van der Waals surface area contributed by atoms with Crippen LogP contribution in [0.2, 0.25) is 0 Å². The van der Waals surface area contributed by atoms with Crippen molar-refractivity contribution in [3.05, 3.63) is 22.2 Å². The summed E-state index contributed by atoms with van der Waals surface area (Å²) in [6, 6.07) is 3.38. The van der Waals surface area contributed by atoms with Gasteiger partial charge in [0.05, 0.1) is 4.92 Å². The molecule has 6 heteroatoms. The highest BCUT2D eigenvalue weighted by molar-refractivity contribution is 5.60. The van der Waals surface area contributed by atoms with Crippen LogP contribution in [0.1, 0.15) is 39.5 Å². The van der Waals surface area contributed by atoms with Crippen molar-refractivity contribution in [2.45, 2.75) is 45.6 Å². The Bertz CT molecular complexity index is 492. The number of pyridine rings is 1. The van der Waals surface area contributed by atoms with E-state index in [2.05, 4.69) is 29.5 Å². The highest BCUT2D eigenvalue weighted by Gasteiger charge is 2.28. The molecule has 1 heterocycles. The monoisotopic (exact) mass is 278 g/mol. The summed E-state index contributed by atoms with van der Waals surface area (Å²) in [6.45, 7) is 4.54. The van der Waals surface area contributed by atoms with Crippen LogP contribution in [0.4, 0.5) is 17.3 Å². The fourth-order valence-corrected chi connectivity index (χ4v) is 2.58. The van der Waals surface area contributed by atoms with Crippen LogP contribution in [-0.2, 0) is 0 Å². The summed E-state index contributed by atoms with van der Waals surface area (Å²) in [5.41, 5.74) is 0.415. The Balaban J connectivity index is 2.14. The van der Waals surface area contributed by atoms with Gasteiger partial charge in [-0.05, 0) is 37.2 Å². The molecule has 1 aliphatic carbocycles. The Hall–Kier alpha value is -1.85. The van der Waals surface area contributed by atoms with Crippen molar-refractivity contribution in [1.82, 2.24) is 4.98 Å².